The smallest absolute Gasteiger partial charge is 0.225 e. The summed E-state index contributed by atoms with van der Waals surface area (Å²) in [5.41, 5.74) is 1.75. The first kappa shape index (κ1) is 34.0. The molecular formula is C35H56N10O. The summed E-state index contributed by atoms with van der Waals surface area (Å²) in [7, 11) is 0. The van der Waals surface area contributed by atoms with Crippen molar-refractivity contribution in [3.8, 4) is 0 Å². The largest absolute Gasteiger partial charge is 0.367 e. The number of nitrogens with zero attached hydrogens (tertiary/aromatic N) is 6. The van der Waals surface area contributed by atoms with Gasteiger partial charge in [-0.2, -0.15) is 4.98 Å². The number of piperidine rings is 1. The molecule has 0 unspecified atom stereocenters. The number of hydrogen-bond donors (Lipinski definition) is 4. The van der Waals surface area contributed by atoms with E-state index in [0.29, 0.717) is 24.8 Å². The van der Waals surface area contributed by atoms with Gasteiger partial charge in [-0.3, -0.25) is 9.48 Å². The van der Waals surface area contributed by atoms with E-state index in [4.69, 9.17) is 9.97 Å². The Bertz CT molecular complexity index is 1320. The van der Waals surface area contributed by atoms with Crippen molar-refractivity contribution in [2.75, 3.05) is 43.4 Å². The third-order valence-corrected chi connectivity index (χ3v) is 9.36. The molecule has 0 bridgehead atoms. The molecule has 2 aliphatic rings. The van der Waals surface area contributed by atoms with E-state index in [1.807, 2.05) is 34.0 Å². The number of carbonyl (C=O) groups excluding carboxylic acids is 1. The molecule has 1 saturated heterocycles. The Morgan fingerprint density at radius 1 is 0.891 bits per heavy atom. The fourth-order valence-corrected chi connectivity index (χ4v) is 6.61. The molecule has 0 radical (unpaired) electrons. The van der Waals surface area contributed by atoms with Gasteiger partial charge in [-0.05, 0) is 76.7 Å². The lowest BCUT2D eigenvalue weighted by atomic mass is 9.95. The van der Waals surface area contributed by atoms with Crippen molar-refractivity contribution in [3.05, 3.63) is 36.2 Å². The number of anilines is 2. The predicted molar refractivity (Wildman–Crippen MR) is 186 cm³/mol. The van der Waals surface area contributed by atoms with Gasteiger partial charge in [-0.15, -0.1) is 5.10 Å². The quantitative estimate of drug-likeness (QED) is 0.127. The molecule has 3 aromatic rings. The molecule has 4 N–H and O–H groups in total. The molecule has 1 aromatic carbocycles. The highest BCUT2D eigenvalue weighted by Crippen LogP contribution is 2.25. The fourth-order valence-electron chi connectivity index (χ4n) is 6.61. The van der Waals surface area contributed by atoms with Crippen LogP contribution in [0, 0.1) is 0 Å². The highest BCUT2D eigenvalue weighted by molar-refractivity contribution is 5.90. The van der Waals surface area contributed by atoms with Gasteiger partial charge in [0.25, 0.3) is 0 Å². The second kappa shape index (κ2) is 18.7. The Morgan fingerprint density at radius 3 is 2.57 bits per heavy atom. The van der Waals surface area contributed by atoms with Crippen molar-refractivity contribution in [2.24, 2.45) is 0 Å². The van der Waals surface area contributed by atoms with Crippen LogP contribution in [0.15, 0.2) is 30.5 Å². The predicted octanol–water partition coefficient (Wildman–Crippen LogP) is 5.50. The molecule has 1 saturated carbocycles. The van der Waals surface area contributed by atoms with Gasteiger partial charge in [0, 0.05) is 43.5 Å². The Kier molecular flexibility index (Phi) is 13.9. The van der Waals surface area contributed by atoms with Gasteiger partial charge in [0.1, 0.15) is 11.5 Å². The van der Waals surface area contributed by atoms with Crippen LogP contribution in [-0.2, 0) is 17.9 Å². The first-order valence-corrected chi connectivity index (χ1v) is 18.1. The second-order valence-electron chi connectivity index (χ2n) is 13.1. The molecule has 2 fully saturated rings. The van der Waals surface area contributed by atoms with Crippen LogP contribution in [0.4, 0.5) is 11.8 Å². The summed E-state index contributed by atoms with van der Waals surface area (Å²) in [6.45, 7) is 8.26. The van der Waals surface area contributed by atoms with Crippen molar-refractivity contribution in [1.82, 2.24) is 40.5 Å². The van der Waals surface area contributed by atoms with Crippen LogP contribution < -0.4 is 21.3 Å². The van der Waals surface area contributed by atoms with Gasteiger partial charge < -0.3 is 26.2 Å². The number of carbonyl (C=O) groups is 1. The number of aromatic nitrogens is 5. The summed E-state index contributed by atoms with van der Waals surface area (Å²) in [6, 6.07) is 9.11. The number of fused-ring (bicyclic) bond motifs is 1. The normalized spacial score (nSPS) is 16.2. The zero-order valence-corrected chi connectivity index (χ0v) is 28.0. The van der Waals surface area contributed by atoms with E-state index in [1.54, 1.807) is 0 Å². The summed E-state index contributed by atoms with van der Waals surface area (Å²) in [4.78, 5) is 24.3. The lowest BCUT2D eigenvalue weighted by Gasteiger charge is -2.33. The van der Waals surface area contributed by atoms with E-state index in [0.717, 1.165) is 99.8 Å². The Labute approximate surface area is 275 Å². The summed E-state index contributed by atoms with van der Waals surface area (Å²) in [6.07, 6.45) is 18.1. The zero-order valence-electron chi connectivity index (χ0n) is 28.0. The molecule has 5 rings (SSSR count). The van der Waals surface area contributed by atoms with Gasteiger partial charge in [-0.1, -0.05) is 62.8 Å². The molecule has 1 amide bonds. The minimum Gasteiger partial charge on any atom is -0.367 e. The monoisotopic (exact) mass is 632 g/mol. The average Bonchev–Trinajstić information content (AvgIpc) is 3.55. The third kappa shape index (κ3) is 10.9. The topological polar surface area (TPSA) is 125 Å². The van der Waals surface area contributed by atoms with Crippen LogP contribution in [0.3, 0.4) is 0 Å². The maximum absolute atomic E-state index is 12.6. The number of aryl methyl sites for hydroxylation is 1. The summed E-state index contributed by atoms with van der Waals surface area (Å²) in [5.74, 6) is 1.70. The number of rotatable bonds is 19. The SMILES string of the molecule is CCCCCCC(=O)N1CCC(Nc2nc(NCc3cn(CCCNCCCNC4CCCCC4)nn3)nc3ccccc23)CC1. The van der Waals surface area contributed by atoms with Crippen molar-refractivity contribution in [2.45, 2.75) is 122 Å². The number of likely N-dealkylation sites (tertiary alicyclic amines) is 1. The molecule has 46 heavy (non-hydrogen) atoms. The Hall–Kier alpha value is -3.31. The van der Waals surface area contributed by atoms with Gasteiger partial charge in [-0.25, -0.2) is 4.98 Å². The van der Waals surface area contributed by atoms with Crippen LogP contribution in [0.1, 0.15) is 103 Å². The van der Waals surface area contributed by atoms with E-state index in [2.05, 4.69) is 44.6 Å². The Morgan fingerprint density at radius 2 is 1.72 bits per heavy atom. The standard InChI is InChI=1S/C35H56N10O/c1-2-3-4-8-17-33(46)44-24-18-29(19-25-44)39-34-31-15-9-10-16-32(31)40-35(41-34)38-26-30-27-45(43-42-30)23-12-21-36-20-11-22-37-28-13-6-5-7-14-28/h9-10,15-16,27-29,36-37H,2-8,11-14,17-26H2,1H3,(H2,38,39,40,41). The van der Waals surface area contributed by atoms with Crippen molar-refractivity contribution >= 4 is 28.6 Å². The van der Waals surface area contributed by atoms with Gasteiger partial charge in [0.15, 0.2) is 0 Å². The molecule has 1 aliphatic heterocycles. The molecule has 252 valence electrons. The minimum absolute atomic E-state index is 0.267. The number of para-hydroxylation sites is 1. The van der Waals surface area contributed by atoms with Gasteiger partial charge in [0.2, 0.25) is 11.9 Å². The van der Waals surface area contributed by atoms with Crippen LogP contribution in [0.2, 0.25) is 0 Å². The van der Waals surface area contributed by atoms with Crippen LogP contribution >= 0.6 is 0 Å². The summed E-state index contributed by atoms with van der Waals surface area (Å²) in [5, 5.41) is 24.0. The number of benzene rings is 1. The third-order valence-electron chi connectivity index (χ3n) is 9.36. The number of hydrogen-bond acceptors (Lipinski definition) is 9. The van der Waals surface area contributed by atoms with E-state index >= 15 is 0 Å². The molecule has 2 aromatic heterocycles. The summed E-state index contributed by atoms with van der Waals surface area (Å²) >= 11 is 0. The zero-order chi connectivity index (χ0) is 31.8. The van der Waals surface area contributed by atoms with Crippen LogP contribution in [0.25, 0.3) is 10.9 Å². The number of amides is 1. The highest BCUT2D eigenvalue weighted by atomic mass is 16.2. The molecule has 0 spiro atoms. The minimum atomic E-state index is 0.267. The van der Waals surface area contributed by atoms with Crippen LogP contribution in [-0.4, -0.2) is 80.6 Å². The van der Waals surface area contributed by atoms with E-state index in [1.165, 1.54) is 51.4 Å². The molecule has 1 aliphatic carbocycles. The molecule has 11 heteroatoms. The van der Waals surface area contributed by atoms with Crippen molar-refractivity contribution in [1.29, 1.82) is 0 Å². The molecule has 11 nitrogen and oxygen atoms in total. The number of unbranched alkanes of at least 4 members (excludes halogenated alkanes) is 3. The fraction of sp³-hybridized carbons (Fsp3) is 0.686. The first-order chi connectivity index (χ1) is 22.7. The molecule has 3 heterocycles. The van der Waals surface area contributed by atoms with E-state index in [9.17, 15) is 4.79 Å². The van der Waals surface area contributed by atoms with Crippen molar-refractivity contribution in [3.63, 3.8) is 0 Å². The highest BCUT2D eigenvalue weighted by Gasteiger charge is 2.23. The first-order valence-electron chi connectivity index (χ1n) is 18.1. The summed E-state index contributed by atoms with van der Waals surface area (Å²) < 4.78 is 1.92. The van der Waals surface area contributed by atoms with Crippen LogP contribution in [0.5, 0.6) is 0 Å². The maximum atomic E-state index is 12.6. The van der Waals surface area contributed by atoms with Gasteiger partial charge >= 0.3 is 0 Å². The van der Waals surface area contributed by atoms with E-state index < -0.39 is 0 Å². The number of nitrogens with one attached hydrogen (secondary N) is 4. The molecular weight excluding hydrogens is 576 g/mol. The molecule has 0 atom stereocenters. The van der Waals surface area contributed by atoms with Crippen molar-refractivity contribution < 1.29 is 4.79 Å². The lowest BCUT2D eigenvalue weighted by Crippen LogP contribution is -2.42. The maximum Gasteiger partial charge on any atom is 0.225 e. The second-order valence-corrected chi connectivity index (χ2v) is 13.1. The van der Waals surface area contributed by atoms with E-state index in [-0.39, 0.29) is 6.04 Å². The lowest BCUT2D eigenvalue weighted by molar-refractivity contribution is -0.132. The average molecular weight is 633 g/mol. The van der Waals surface area contributed by atoms with Gasteiger partial charge in [0.05, 0.1) is 18.3 Å². The Balaban J connectivity index is 1.03.